The van der Waals surface area contributed by atoms with Gasteiger partial charge in [0.1, 0.15) is 0 Å². The molecule has 0 atom stereocenters. The molecule has 1 saturated carbocycles. The van der Waals surface area contributed by atoms with Gasteiger partial charge in [-0.25, -0.2) is 0 Å². The van der Waals surface area contributed by atoms with Crippen LogP contribution in [0.4, 0.5) is 5.69 Å². The van der Waals surface area contributed by atoms with Gasteiger partial charge in [-0.1, -0.05) is 6.92 Å². The molecule has 0 bridgehead atoms. The normalized spacial score (nSPS) is 23.6. The summed E-state index contributed by atoms with van der Waals surface area (Å²) >= 11 is 0. The van der Waals surface area contributed by atoms with Crippen LogP contribution in [0.15, 0.2) is 24.4 Å². The van der Waals surface area contributed by atoms with E-state index < -0.39 is 0 Å². The summed E-state index contributed by atoms with van der Waals surface area (Å²) in [5.74, 6) is 0. The minimum absolute atomic E-state index is 0.610. The highest BCUT2D eigenvalue weighted by atomic mass is 15.1. The number of nitrogens with one attached hydrogen (secondary N) is 3. The average Bonchev–Trinajstić information content (AvgIpc) is 2.89. The lowest BCUT2D eigenvalue weighted by Crippen LogP contribution is -2.36. The monoisotopic (exact) mass is 258 g/mol. The lowest BCUT2D eigenvalue weighted by atomic mass is 9.91. The molecule has 0 spiro atoms. The van der Waals surface area contributed by atoms with Crippen LogP contribution in [0.5, 0.6) is 0 Å². The molecule has 1 aliphatic rings. The Morgan fingerprint density at radius 2 is 2.00 bits per heavy atom. The standard InChI is InChI=1S/C15H22N4/c1-2-16-12-3-5-13(6-4-12)18-14-7-8-15-11(9-14)10-17-19-15/h7-10,12-13,16,18H,2-6H2,1H3,(H,17,19)/t12-,13+. The fraction of sp³-hybridized carbons (Fsp3) is 0.533. The van der Waals surface area contributed by atoms with E-state index in [1.165, 1.54) is 36.8 Å². The number of hydrogen-bond acceptors (Lipinski definition) is 3. The van der Waals surface area contributed by atoms with Crippen molar-refractivity contribution >= 4 is 16.6 Å². The molecule has 0 unspecified atom stereocenters. The van der Waals surface area contributed by atoms with Gasteiger partial charge >= 0.3 is 0 Å². The van der Waals surface area contributed by atoms with Crippen molar-refractivity contribution in [1.82, 2.24) is 15.5 Å². The first-order chi connectivity index (χ1) is 9.35. The molecular weight excluding hydrogens is 236 g/mol. The smallest absolute Gasteiger partial charge is 0.0651 e. The van der Waals surface area contributed by atoms with Crippen LogP contribution in [-0.4, -0.2) is 28.8 Å². The van der Waals surface area contributed by atoms with E-state index in [2.05, 4.69) is 46.0 Å². The summed E-state index contributed by atoms with van der Waals surface area (Å²) in [4.78, 5) is 0. The second kappa shape index (κ2) is 5.61. The van der Waals surface area contributed by atoms with Crippen LogP contribution in [0.2, 0.25) is 0 Å². The van der Waals surface area contributed by atoms with Crippen LogP contribution in [0, 0.1) is 0 Å². The Labute approximate surface area is 114 Å². The van der Waals surface area contributed by atoms with Gasteiger partial charge < -0.3 is 10.6 Å². The van der Waals surface area contributed by atoms with Crippen LogP contribution in [0.1, 0.15) is 32.6 Å². The molecule has 1 aromatic heterocycles. The Morgan fingerprint density at radius 3 is 2.79 bits per heavy atom. The molecule has 2 aromatic rings. The second-order valence-electron chi connectivity index (χ2n) is 5.42. The Morgan fingerprint density at radius 1 is 1.21 bits per heavy atom. The summed E-state index contributed by atoms with van der Waals surface area (Å²) < 4.78 is 0. The van der Waals surface area contributed by atoms with Gasteiger partial charge in [0, 0.05) is 23.2 Å². The maximum absolute atomic E-state index is 4.06. The van der Waals surface area contributed by atoms with Gasteiger partial charge in [-0.3, -0.25) is 5.10 Å². The first-order valence-electron chi connectivity index (χ1n) is 7.28. The summed E-state index contributed by atoms with van der Waals surface area (Å²) in [6.07, 6.45) is 6.93. The van der Waals surface area contributed by atoms with Gasteiger partial charge in [0.25, 0.3) is 0 Å². The van der Waals surface area contributed by atoms with E-state index in [9.17, 15) is 0 Å². The van der Waals surface area contributed by atoms with Gasteiger partial charge in [-0.15, -0.1) is 0 Å². The lowest BCUT2D eigenvalue weighted by Gasteiger charge is -2.30. The SMILES string of the molecule is CCN[C@H]1CC[C@@H](Nc2ccc3[nH]ncc3c2)CC1. The number of anilines is 1. The third-order valence-electron chi connectivity index (χ3n) is 4.03. The molecule has 0 radical (unpaired) electrons. The largest absolute Gasteiger partial charge is 0.382 e. The maximum atomic E-state index is 4.06. The van der Waals surface area contributed by atoms with E-state index in [0.29, 0.717) is 6.04 Å². The summed E-state index contributed by atoms with van der Waals surface area (Å²) in [6.45, 7) is 3.27. The molecule has 0 aliphatic heterocycles. The number of rotatable bonds is 4. The Kier molecular flexibility index (Phi) is 3.69. The van der Waals surface area contributed by atoms with Crippen molar-refractivity contribution in [3.8, 4) is 0 Å². The molecule has 102 valence electrons. The van der Waals surface area contributed by atoms with Crippen molar-refractivity contribution in [2.45, 2.75) is 44.7 Å². The van der Waals surface area contributed by atoms with Crippen molar-refractivity contribution < 1.29 is 0 Å². The molecule has 4 nitrogen and oxygen atoms in total. The van der Waals surface area contributed by atoms with E-state index in [0.717, 1.165) is 18.1 Å². The molecule has 1 heterocycles. The van der Waals surface area contributed by atoms with E-state index in [1.807, 2.05) is 6.20 Å². The van der Waals surface area contributed by atoms with Crippen molar-refractivity contribution in [2.75, 3.05) is 11.9 Å². The topological polar surface area (TPSA) is 52.7 Å². The molecule has 0 saturated heterocycles. The number of aromatic amines is 1. The van der Waals surface area contributed by atoms with Crippen LogP contribution in [0.25, 0.3) is 10.9 Å². The zero-order valence-electron chi connectivity index (χ0n) is 11.4. The van der Waals surface area contributed by atoms with Crippen LogP contribution >= 0.6 is 0 Å². The van der Waals surface area contributed by atoms with Crippen molar-refractivity contribution in [3.05, 3.63) is 24.4 Å². The first-order valence-corrected chi connectivity index (χ1v) is 7.28. The van der Waals surface area contributed by atoms with Crippen LogP contribution in [0.3, 0.4) is 0 Å². The predicted molar refractivity (Wildman–Crippen MR) is 79.4 cm³/mol. The van der Waals surface area contributed by atoms with Crippen molar-refractivity contribution in [3.63, 3.8) is 0 Å². The molecule has 1 aromatic carbocycles. The molecule has 3 rings (SSSR count). The zero-order valence-corrected chi connectivity index (χ0v) is 11.4. The number of aromatic nitrogens is 2. The van der Waals surface area contributed by atoms with Gasteiger partial charge in [-0.05, 0) is 50.4 Å². The van der Waals surface area contributed by atoms with Crippen molar-refractivity contribution in [1.29, 1.82) is 0 Å². The Bertz CT molecular complexity index is 526. The predicted octanol–water partition coefficient (Wildman–Crippen LogP) is 2.90. The first kappa shape index (κ1) is 12.5. The zero-order chi connectivity index (χ0) is 13.1. The van der Waals surface area contributed by atoms with Crippen molar-refractivity contribution in [2.24, 2.45) is 0 Å². The molecule has 1 aliphatic carbocycles. The third kappa shape index (κ3) is 2.89. The minimum Gasteiger partial charge on any atom is -0.382 e. The fourth-order valence-corrected chi connectivity index (χ4v) is 3.00. The number of H-pyrrole nitrogens is 1. The second-order valence-corrected chi connectivity index (χ2v) is 5.42. The quantitative estimate of drug-likeness (QED) is 0.790. The lowest BCUT2D eigenvalue weighted by molar-refractivity contribution is 0.359. The number of fused-ring (bicyclic) bond motifs is 1. The highest BCUT2D eigenvalue weighted by molar-refractivity contribution is 5.81. The van der Waals surface area contributed by atoms with Gasteiger partial charge in [0.05, 0.1) is 11.7 Å². The Hall–Kier alpha value is -1.55. The van der Waals surface area contributed by atoms with E-state index in [4.69, 9.17) is 0 Å². The summed E-state index contributed by atoms with van der Waals surface area (Å²) in [5, 5.41) is 15.4. The molecule has 19 heavy (non-hydrogen) atoms. The van der Waals surface area contributed by atoms with Crippen LogP contribution < -0.4 is 10.6 Å². The molecule has 3 N–H and O–H groups in total. The number of nitrogens with zero attached hydrogens (tertiary/aromatic N) is 1. The van der Waals surface area contributed by atoms with Gasteiger partial charge in [-0.2, -0.15) is 5.10 Å². The summed E-state index contributed by atoms with van der Waals surface area (Å²) in [7, 11) is 0. The summed E-state index contributed by atoms with van der Waals surface area (Å²) in [5.41, 5.74) is 2.31. The van der Waals surface area contributed by atoms with E-state index in [1.54, 1.807) is 0 Å². The highest BCUT2D eigenvalue weighted by Gasteiger charge is 2.20. The minimum atomic E-state index is 0.610. The number of hydrogen-bond donors (Lipinski definition) is 3. The molecule has 1 fully saturated rings. The molecule has 0 amide bonds. The van der Waals surface area contributed by atoms with Gasteiger partial charge in [0.2, 0.25) is 0 Å². The van der Waals surface area contributed by atoms with E-state index >= 15 is 0 Å². The van der Waals surface area contributed by atoms with Crippen LogP contribution in [-0.2, 0) is 0 Å². The Balaban J connectivity index is 1.59. The molecule has 4 heteroatoms. The fourth-order valence-electron chi connectivity index (χ4n) is 3.00. The van der Waals surface area contributed by atoms with Gasteiger partial charge in [0.15, 0.2) is 0 Å². The molecular formula is C15H22N4. The summed E-state index contributed by atoms with van der Waals surface area (Å²) in [6, 6.07) is 7.74. The number of benzene rings is 1. The third-order valence-corrected chi connectivity index (χ3v) is 4.03. The average molecular weight is 258 g/mol. The van der Waals surface area contributed by atoms with E-state index in [-0.39, 0.29) is 0 Å². The maximum Gasteiger partial charge on any atom is 0.0651 e. The highest BCUT2D eigenvalue weighted by Crippen LogP contribution is 2.24.